The quantitative estimate of drug-likeness (QED) is 0.599. The van der Waals surface area contributed by atoms with Crippen LogP contribution in [0.3, 0.4) is 0 Å². The summed E-state index contributed by atoms with van der Waals surface area (Å²) in [5.74, 6) is -1.29. The summed E-state index contributed by atoms with van der Waals surface area (Å²) in [5.41, 5.74) is 7.65. The van der Waals surface area contributed by atoms with Gasteiger partial charge >= 0.3 is 0 Å². The lowest BCUT2D eigenvalue weighted by Gasteiger charge is -2.26. The van der Waals surface area contributed by atoms with Gasteiger partial charge in [0.2, 0.25) is 0 Å². The Hall–Kier alpha value is -3.41. The van der Waals surface area contributed by atoms with Crippen molar-refractivity contribution < 1.29 is 23.8 Å². The van der Waals surface area contributed by atoms with Gasteiger partial charge in [0.1, 0.15) is 30.2 Å². The van der Waals surface area contributed by atoms with Crippen molar-refractivity contribution in [3.63, 3.8) is 0 Å². The van der Waals surface area contributed by atoms with E-state index in [1.165, 1.54) is 11.2 Å². The molecule has 3 aromatic rings. The normalized spacial score (nSPS) is 28.5. The van der Waals surface area contributed by atoms with E-state index in [0.717, 1.165) is 0 Å². The minimum absolute atomic E-state index is 0.0349. The maximum atomic E-state index is 12.9. The van der Waals surface area contributed by atoms with E-state index in [0.29, 0.717) is 22.3 Å². The fraction of sp³-hybridized carbons (Fsp3) is 0.381. The summed E-state index contributed by atoms with van der Waals surface area (Å²) in [6.07, 6.45) is 0.673. The lowest BCUT2D eigenvalue weighted by molar-refractivity contribution is -0.196. The summed E-state index contributed by atoms with van der Waals surface area (Å²) in [5, 5.41) is 0. The van der Waals surface area contributed by atoms with Gasteiger partial charge in [-0.05, 0) is 26.0 Å². The minimum Gasteiger partial charge on any atom is -0.382 e. The highest BCUT2D eigenvalue weighted by Gasteiger charge is 2.57. The summed E-state index contributed by atoms with van der Waals surface area (Å²) < 4.78 is 20.3. The van der Waals surface area contributed by atoms with Crippen LogP contribution in [-0.4, -0.2) is 66.9 Å². The second kappa shape index (κ2) is 6.55. The third-order valence-electron chi connectivity index (χ3n) is 6.03. The Balaban J connectivity index is 1.34. The molecule has 2 saturated heterocycles. The number of hydrogen-bond donors (Lipinski definition) is 1. The molecule has 2 N–H and O–H groups in total. The topological polar surface area (TPSA) is 135 Å². The summed E-state index contributed by atoms with van der Waals surface area (Å²) in [6, 6.07) is 6.77. The Bertz CT molecular complexity index is 1240. The number of anilines is 1. The van der Waals surface area contributed by atoms with Crippen LogP contribution in [0.5, 0.6) is 0 Å². The van der Waals surface area contributed by atoms with E-state index in [-0.39, 0.29) is 24.2 Å². The number of nitrogens with two attached hydrogens (primary N) is 1. The number of imidazole rings is 1. The van der Waals surface area contributed by atoms with Crippen LogP contribution >= 0.6 is 0 Å². The third-order valence-corrected chi connectivity index (χ3v) is 6.03. The number of carbonyl (C=O) groups is 2. The Morgan fingerprint density at radius 1 is 1.03 bits per heavy atom. The average Bonchev–Trinajstić information content (AvgIpc) is 3.47. The molecule has 164 valence electrons. The van der Waals surface area contributed by atoms with E-state index in [1.54, 1.807) is 35.2 Å². The van der Waals surface area contributed by atoms with E-state index in [1.807, 2.05) is 13.8 Å². The number of carbonyl (C=O) groups excluding carboxylic acids is 2. The molecule has 11 nitrogen and oxygen atoms in total. The second-order valence-electron chi connectivity index (χ2n) is 8.48. The second-order valence-corrected chi connectivity index (χ2v) is 8.48. The van der Waals surface area contributed by atoms with Crippen molar-refractivity contribution >= 4 is 28.8 Å². The van der Waals surface area contributed by atoms with E-state index >= 15 is 0 Å². The average molecular weight is 436 g/mol. The van der Waals surface area contributed by atoms with Gasteiger partial charge in [-0.1, -0.05) is 12.1 Å². The molecule has 5 heterocycles. The largest absolute Gasteiger partial charge is 0.382 e. The van der Waals surface area contributed by atoms with E-state index in [4.69, 9.17) is 19.9 Å². The van der Waals surface area contributed by atoms with Crippen molar-refractivity contribution in [2.24, 2.45) is 0 Å². The molecule has 0 aliphatic carbocycles. The molecule has 11 heteroatoms. The molecule has 0 saturated carbocycles. The number of ether oxygens (including phenoxy) is 3. The van der Waals surface area contributed by atoms with Gasteiger partial charge in [-0.3, -0.25) is 19.1 Å². The Morgan fingerprint density at radius 3 is 2.44 bits per heavy atom. The van der Waals surface area contributed by atoms with Crippen LogP contribution in [0.15, 0.2) is 36.9 Å². The fourth-order valence-electron chi connectivity index (χ4n) is 4.67. The number of fused-ring (bicyclic) bond motifs is 3. The van der Waals surface area contributed by atoms with Gasteiger partial charge in [0, 0.05) is 0 Å². The predicted octanol–water partition coefficient (Wildman–Crippen LogP) is 1.12. The van der Waals surface area contributed by atoms with Crippen molar-refractivity contribution in [1.29, 1.82) is 0 Å². The SMILES string of the molecule is CC1(C)OC2C(CN3C(=O)c4ccccc4C3=O)OC(n3cnc4c(N)ncnc43)C2O1. The number of benzene rings is 1. The number of amides is 2. The monoisotopic (exact) mass is 436 g/mol. The number of nitrogens with zero attached hydrogens (tertiary/aromatic N) is 5. The summed E-state index contributed by atoms with van der Waals surface area (Å²) in [7, 11) is 0. The molecule has 4 atom stereocenters. The highest BCUT2D eigenvalue weighted by Crippen LogP contribution is 2.44. The zero-order chi connectivity index (χ0) is 22.2. The van der Waals surface area contributed by atoms with E-state index in [9.17, 15) is 9.59 Å². The number of aromatic nitrogens is 4. The molecule has 6 rings (SSSR count). The van der Waals surface area contributed by atoms with Gasteiger partial charge in [-0.25, -0.2) is 15.0 Å². The van der Waals surface area contributed by atoms with Crippen LogP contribution in [0, 0.1) is 0 Å². The van der Waals surface area contributed by atoms with Crippen LogP contribution in [0.25, 0.3) is 11.2 Å². The highest BCUT2D eigenvalue weighted by atomic mass is 16.8. The molecule has 2 fully saturated rings. The first-order valence-corrected chi connectivity index (χ1v) is 10.2. The molecule has 1 aromatic carbocycles. The fourth-order valence-corrected chi connectivity index (χ4v) is 4.67. The lowest BCUT2D eigenvalue weighted by Crippen LogP contribution is -2.42. The maximum Gasteiger partial charge on any atom is 0.261 e. The number of rotatable bonds is 3. The first-order chi connectivity index (χ1) is 15.3. The van der Waals surface area contributed by atoms with Gasteiger partial charge in [0.05, 0.1) is 24.0 Å². The van der Waals surface area contributed by atoms with E-state index in [2.05, 4.69) is 15.0 Å². The molecule has 32 heavy (non-hydrogen) atoms. The van der Waals surface area contributed by atoms with Gasteiger partial charge in [-0.15, -0.1) is 0 Å². The van der Waals surface area contributed by atoms with Crippen molar-refractivity contribution in [2.75, 3.05) is 12.3 Å². The molecule has 0 radical (unpaired) electrons. The summed E-state index contributed by atoms with van der Waals surface area (Å²) >= 11 is 0. The Labute approximate surface area is 182 Å². The zero-order valence-corrected chi connectivity index (χ0v) is 17.3. The molecule has 2 aromatic heterocycles. The lowest BCUT2D eigenvalue weighted by atomic mass is 10.1. The molecule has 4 unspecified atom stereocenters. The van der Waals surface area contributed by atoms with Crippen molar-refractivity contribution in [3.8, 4) is 0 Å². The first-order valence-electron chi connectivity index (χ1n) is 10.2. The van der Waals surface area contributed by atoms with Crippen LogP contribution < -0.4 is 5.73 Å². The Morgan fingerprint density at radius 2 is 1.72 bits per heavy atom. The maximum absolute atomic E-state index is 12.9. The van der Waals surface area contributed by atoms with Crippen molar-refractivity contribution in [3.05, 3.63) is 48.0 Å². The van der Waals surface area contributed by atoms with Crippen molar-refractivity contribution in [2.45, 2.75) is 44.2 Å². The molecule has 3 aliphatic heterocycles. The summed E-state index contributed by atoms with van der Waals surface area (Å²) in [4.78, 5) is 39.5. The number of hydrogen-bond acceptors (Lipinski definition) is 9. The molecular formula is C21H20N6O5. The van der Waals surface area contributed by atoms with Crippen molar-refractivity contribution in [1.82, 2.24) is 24.4 Å². The summed E-state index contributed by atoms with van der Waals surface area (Å²) in [6.45, 7) is 3.66. The molecule has 0 spiro atoms. The highest BCUT2D eigenvalue weighted by molar-refractivity contribution is 6.21. The molecular weight excluding hydrogens is 416 g/mol. The van der Waals surface area contributed by atoms with Crippen LogP contribution in [-0.2, 0) is 14.2 Å². The minimum atomic E-state index is -0.859. The smallest absolute Gasteiger partial charge is 0.261 e. The first kappa shape index (κ1) is 19.3. The Kier molecular flexibility index (Phi) is 3.95. The molecule has 2 amide bonds. The van der Waals surface area contributed by atoms with Gasteiger partial charge in [-0.2, -0.15) is 0 Å². The van der Waals surface area contributed by atoms with Gasteiger partial charge in [0.25, 0.3) is 11.8 Å². The number of nitrogen functional groups attached to an aromatic ring is 1. The van der Waals surface area contributed by atoms with Gasteiger partial charge in [0.15, 0.2) is 23.5 Å². The number of imide groups is 1. The van der Waals surface area contributed by atoms with Crippen LogP contribution in [0.4, 0.5) is 5.82 Å². The van der Waals surface area contributed by atoms with Gasteiger partial charge < -0.3 is 19.9 Å². The predicted molar refractivity (Wildman–Crippen MR) is 109 cm³/mol. The molecule has 0 bridgehead atoms. The standard InChI is InChI=1S/C21H20N6O5/c1-21(2)31-14-12(7-26-18(28)10-5-3-4-6-11(10)19(26)29)30-20(15(14)32-21)27-9-25-13-16(22)23-8-24-17(13)27/h3-6,8-9,12,14-15,20H,7H2,1-2H3,(H2,22,23,24). The van der Waals surface area contributed by atoms with E-state index < -0.39 is 30.3 Å². The third kappa shape index (κ3) is 2.68. The van der Waals surface area contributed by atoms with Crippen LogP contribution in [0.2, 0.25) is 0 Å². The zero-order valence-electron chi connectivity index (χ0n) is 17.3. The molecule has 3 aliphatic rings. The van der Waals surface area contributed by atoms with Crippen LogP contribution in [0.1, 0.15) is 40.8 Å².